The van der Waals surface area contributed by atoms with Gasteiger partial charge in [-0.25, -0.2) is 0 Å². The predicted octanol–water partition coefficient (Wildman–Crippen LogP) is 2.39. The fraction of sp³-hybridized carbons (Fsp3) is 0.467. The second-order valence-electron chi connectivity index (χ2n) is 4.32. The lowest BCUT2D eigenvalue weighted by atomic mass is 10.2. The summed E-state index contributed by atoms with van der Waals surface area (Å²) in [6.45, 7) is 2.94. The van der Waals surface area contributed by atoms with Crippen LogP contribution >= 0.6 is 0 Å². The third kappa shape index (κ3) is 5.43. The highest BCUT2D eigenvalue weighted by Crippen LogP contribution is 2.12. The molecule has 0 aliphatic carbocycles. The first-order valence-corrected chi connectivity index (χ1v) is 6.50. The summed E-state index contributed by atoms with van der Waals surface area (Å²) in [7, 11) is 1.70. The summed E-state index contributed by atoms with van der Waals surface area (Å²) >= 11 is 0. The van der Waals surface area contributed by atoms with E-state index in [9.17, 15) is 4.79 Å². The van der Waals surface area contributed by atoms with Crippen molar-refractivity contribution in [3.63, 3.8) is 0 Å². The van der Waals surface area contributed by atoms with E-state index in [0.29, 0.717) is 26.0 Å². The molecule has 1 aromatic carbocycles. The Balaban J connectivity index is 2.29. The van der Waals surface area contributed by atoms with Crippen molar-refractivity contribution in [2.24, 2.45) is 0 Å². The lowest BCUT2D eigenvalue weighted by Gasteiger charge is -2.15. The van der Waals surface area contributed by atoms with Gasteiger partial charge in [0, 0.05) is 13.6 Å². The van der Waals surface area contributed by atoms with Crippen molar-refractivity contribution in [2.45, 2.75) is 26.2 Å². The number of rotatable bonds is 7. The van der Waals surface area contributed by atoms with Gasteiger partial charge in [-0.3, -0.25) is 4.79 Å². The number of amides is 1. The number of nitriles is 1. The van der Waals surface area contributed by atoms with Crippen LogP contribution in [0.2, 0.25) is 0 Å². The molecule has 1 rings (SSSR count). The Morgan fingerprint density at radius 2 is 2.05 bits per heavy atom. The van der Waals surface area contributed by atoms with Gasteiger partial charge in [0.05, 0.1) is 25.5 Å². The van der Waals surface area contributed by atoms with E-state index in [1.54, 1.807) is 11.9 Å². The first-order chi connectivity index (χ1) is 9.17. The third-order valence-corrected chi connectivity index (χ3v) is 2.90. The molecule has 1 aromatic rings. The Morgan fingerprint density at radius 1 is 1.37 bits per heavy atom. The van der Waals surface area contributed by atoms with Crippen LogP contribution in [-0.4, -0.2) is 31.0 Å². The molecule has 102 valence electrons. The molecule has 19 heavy (non-hydrogen) atoms. The molecule has 0 fully saturated rings. The molecule has 0 spiro atoms. The molecule has 0 heterocycles. The Kier molecular flexibility index (Phi) is 6.45. The Bertz CT molecular complexity index is 434. The zero-order valence-corrected chi connectivity index (χ0v) is 11.6. The van der Waals surface area contributed by atoms with E-state index in [-0.39, 0.29) is 5.91 Å². The summed E-state index contributed by atoms with van der Waals surface area (Å²) in [6, 6.07) is 9.91. The highest BCUT2D eigenvalue weighted by Gasteiger charge is 2.08. The molecular formula is C15H20N2O2. The summed E-state index contributed by atoms with van der Waals surface area (Å²) in [5.41, 5.74) is 1.26. The normalized spacial score (nSPS) is 9.74. The molecule has 4 nitrogen and oxygen atoms in total. The fourth-order valence-electron chi connectivity index (χ4n) is 1.61. The number of benzene rings is 1. The van der Waals surface area contributed by atoms with Crippen LogP contribution < -0.4 is 4.74 Å². The quantitative estimate of drug-likeness (QED) is 0.756. The molecule has 4 heteroatoms. The average Bonchev–Trinajstić information content (AvgIpc) is 2.45. The van der Waals surface area contributed by atoms with Gasteiger partial charge in [0.25, 0.3) is 0 Å². The van der Waals surface area contributed by atoms with E-state index in [1.165, 1.54) is 5.56 Å². The van der Waals surface area contributed by atoms with Crippen LogP contribution in [0.1, 0.15) is 25.3 Å². The molecule has 0 bridgehead atoms. The number of carbonyl (C=O) groups is 1. The molecule has 0 saturated heterocycles. The maximum Gasteiger partial charge on any atom is 0.225 e. The maximum atomic E-state index is 11.7. The van der Waals surface area contributed by atoms with Gasteiger partial charge in [0.15, 0.2) is 0 Å². The monoisotopic (exact) mass is 260 g/mol. The van der Waals surface area contributed by atoms with E-state index >= 15 is 0 Å². The Labute approximate surface area is 114 Å². The van der Waals surface area contributed by atoms with E-state index in [4.69, 9.17) is 10.00 Å². The topological polar surface area (TPSA) is 53.3 Å². The maximum absolute atomic E-state index is 11.7. The molecule has 0 aromatic heterocycles. The van der Waals surface area contributed by atoms with Gasteiger partial charge in [-0.15, -0.1) is 0 Å². The number of hydrogen-bond donors (Lipinski definition) is 0. The van der Waals surface area contributed by atoms with Crippen molar-refractivity contribution in [1.29, 1.82) is 5.26 Å². The fourth-order valence-corrected chi connectivity index (χ4v) is 1.61. The number of hydrogen-bond acceptors (Lipinski definition) is 3. The average molecular weight is 260 g/mol. The van der Waals surface area contributed by atoms with Gasteiger partial charge >= 0.3 is 0 Å². The minimum Gasteiger partial charge on any atom is -0.493 e. The van der Waals surface area contributed by atoms with Crippen LogP contribution in [0.3, 0.4) is 0 Å². The van der Waals surface area contributed by atoms with E-state index in [1.807, 2.05) is 30.3 Å². The smallest absolute Gasteiger partial charge is 0.225 e. The predicted molar refractivity (Wildman–Crippen MR) is 73.8 cm³/mol. The van der Waals surface area contributed by atoms with Crippen molar-refractivity contribution in [3.8, 4) is 11.8 Å². The van der Waals surface area contributed by atoms with Crippen molar-refractivity contribution >= 4 is 5.91 Å². The SMILES string of the molecule is CCc1ccc(OCCC(=O)N(C)CCC#N)cc1. The van der Waals surface area contributed by atoms with Crippen LogP contribution in [-0.2, 0) is 11.2 Å². The first kappa shape index (κ1) is 15.0. The van der Waals surface area contributed by atoms with E-state index in [2.05, 4.69) is 6.92 Å². The highest BCUT2D eigenvalue weighted by atomic mass is 16.5. The van der Waals surface area contributed by atoms with Gasteiger partial charge < -0.3 is 9.64 Å². The molecule has 0 unspecified atom stereocenters. The Morgan fingerprint density at radius 3 is 2.63 bits per heavy atom. The van der Waals surface area contributed by atoms with E-state index in [0.717, 1.165) is 12.2 Å². The molecule has 0 aliphatic rings. The molecule has 0 saturated carbocycles. The summed E-state index contributed by atoms with van der Waals surface area (Å²) in [6.07, 6.45) is 1.70. The molecule has 0 N–H and O–H groups in total. The van der Waals surface area contributed by atoms with Crippen molar-refractivity contribution in [3.05, 3.63) is 29.8 Å². The summed E-state index contributed by atoms with van der Waals surface area (Å²) in [4.78, 5) is 13.2. The van der Waals surface area contributed by atoms with Crippen molar-refractivity contribution < 1.29 is 9.53 Å². The molecule has 0 atom stereocenters. The standard InChI is InChI=1S/C15H20N2O2/c1-3-13-5-7-14(8-6-13)19-12-9-15(18)17(2)11-4-10-16/h5-8H,3-4,9,11-12H2,1-2H3. The van der Waals surface area contributed by atoms with Crippen LogP contribution in [0.5, 0.6) is 5.75 Å². The zero-order valence-electron chi connectivity index (χ0n) is 11.6. The zero-order chi connectivity index (χ0) is 14.1. The molecule has 1 amide bonds. The van der Waals surface area contributed by atoms with Crippen LogP contribution in [0.25, 0.3) is 0 Å². The minimum atomic E-state index is 0.000397. The lowest BCUT2D eigenvalue weighted by molar-refractivity contribution is -0.130. The number of nitrogens with zero attached hydrogens (tertiary/aromatic N) is 2. The molecular weight excluding hydrogens is 240 g/mol. The van der Waals surface area contributed by atoms with Gasteiger partial charge in [-0.1, -0.05) is 19.1 Å². The number of carbonyl (C=O) groups excluding carboxylic acids is 1. The summed E-state index contributed by atoms with van der Waals surface area (Å²) in [5, 5.41) is 8.45. The Hall–Kier alpha value is -2.02. The minimum absolute atomic E-state index is 0.000397. The van der Waals surface area contributed by atoms with E-state index < -0.39 is 0 Å². The largest absolute Gasteiger partial charge is 0.493 e. The second kappa shape index (κ2) is 8.15. The summed E-state index contributed by atoms with van der Waals surface area (Å²) in [5.74, 6) is 0.783. The first-order valence-electron chi connectivity index (χ1n) is 6.50. The highest BCUT2D eigenvalue weighted by molar-refractivity contribution is 5.75. The van der Waals surface area contributed by atoms with Crippen molar-refractivity contribution in [2.75, 3.05) is 20.2 Å². The molecule has 0 aliphatic heterocycles. The number of ether oxygens (including phenoxy) is 1. The van der Waals surface area contributed by atoms with Crippen LogP contribution in [0.4, 0.5) is 0 Å². The second-order valence-corrected chi connectivity index (χ2v) is 4.32. The summed E-state index contributed by atoms with van der Waals surface area (Å²) < 4.78 is 5.52. The van der Waals surface area contributed by atoms with Crippen LogP contribution in [0, 0.1) is 11.3 Å². The van der Waals surface area contributed by atoms with Gasteiger partial charge in [0.1, 0.15) is 5.75 Å². The molecule has 0 radical (unpaired) electrons. The van der Waals surface area contributed by atoms with Crippen molar-refractivity contribution in [1.82, 2.24) is 4.90 Å². The van der Waals surface area contributed by atoms with Gasteiger partial charge in [-0.2, -0.15) is 5.26 Å². The number of aryl methyl sites for hydroxylation is 1. The van der Waals surface area contributed by atoms with Crippen LogP contribution in [0.15, 0.2) is 24.3 Å². The van der Waals surface area contributed by atoms with Gasteiger partial charge in [0.2, 0.25) is 5.91 Å². The van der Waals surface area contributed by atoms with Gasteiger partial charge in [-0.05, 0) is 24.1 Å². The third-order valence-electron chi connectivity index (χ3n) is 2.90. The lowest BCUT2D eigenvalue weighted by Crippen LogP contribution is -2.28.